The third kappa shape index (κ3) is 2.67. The Morgan fingerprint density at radius 3 is 2.88 bits per heavy atom. The van der Waals surface area contributed by atoms with Crippen LogP contribution < -0.4 is 4.74 Å². The maximum Gasteiger partial charge on any atom is 0.232 e. The molecule has 2 heterocycles. The molecule has 6 nitrogen and oxygen atoms in total. The van der Waals surface area contributed by atoms with Gasteiger partial charge in [0.1, 0.15) is 6.10 Å². The van der Waals surface area contributed by atoms with E-state index >= 15 is 0 Å². The highest BCUT2D eigenvalue weighted by molar-refractivity contribution is 7.88. The van der Waals surface area contributed by atoms with Gasteiger partial charge in [-0.25, -0.2) is 13.4 Å². The van der Waals surface area contributed by atoms with Gasteiger partial charge in [-0.2, -0.15) is 4.31 Å². The molecule has 1 aromatic heterocycles. The Bertz CT molecular complexity index is 448. The van der Waals surface area contributed by atoms with Crippen LogP contribution in [0.15, 0.2) is 18.6 Å². The molecule has 1 saturated heterocycles. The molecule has 0 amide bonds. The summed E-state index contributed by atoms with van der Waals surface area (Å²) in [6.45, 7) is 0.888. The van der Waals surface area contributed by atoms with Crippen LogP contribution in [0.2, 0.25) is 0 Å². The second kappa shape index (κ2) is 4.34. The quantitative estimate of drug-likeness (QED) is 0.740. The summed E-state index contributed by atoms with van der Waals surface area (Å²) in [5.74, 6) is 0.433. The molecule has 1 aliphatic rings. The molecule has 1 unspecified atom stereocenters. The van der Waals surface area contributed by atoms with Gasteiger partial charge < -0.3 is 4.74 Å². The molecule has 0 N–H and O–H groups in total. The molecular weight excluding hydrogens is 230 g/mol. The number of rotatable bonds is 3. The van der Waals surface area contributed by atoms with Crippen molar-refractivity contribution >= 4 is 10.0 Å². The minimum absolute atomic E-state index is 0.133. The Morgan fingerprint density at radius 1 is 1.50 bits per heavy atom. The summed E-state index contributed by atoms with van der Waals surface area (Å²) < 4.78 is 29.5. The third-order valence-corrected chi connectivity index (χ3v) is 3.67. The molecule has 0 aliphatic carbocycles. The van der Waals surface area contributed by atoms with E-state index in [1.54, 1.807) is 12.4 Å². The summed E-state index contributed by atoms with van der Waals surface area (Å²) in [5, 5.41) is 0. The Morgan fingerprint density at radius 2 is 2.31 bits per heavy atom. The van der Waals surface area contributed by atoms with Crippen molar-refractivity contribution in [2.24, 2.45) is 0 Å². The van der Waals surface area contributed by atoms with Crippen LogP contribution in [0.5, 0.6) is 5.88 Å². The summed E-state index contributed by atoms with van der Waals surface area (Å²) in [7, 11) is -3.11. The number of ether oxygens (including phenoxy) is 1. The molecule has 1 aromatic rings. The van der Waals surface area contributed by atoms with Gasteiger partial charge >= 0.3 is 0 Å². The van der Waals surface area contributed by atoms with Crippen molar-refractivity contribution in [3.8, 4) is 5.88 Å². The van der Waals surface area contributed by atoms with E-state index in [2.05, 4.69) is 9.97 Å². The van der Waals surface area contributed by atoms with Gasteiger partial charge in [-0.05, 0) is 6.42 Å². The molecule has 7 heteroatoms. The summed E-state index contributed by atoms with van der Waals surface area (Å²) in [5.41, 5.74) is 0. The van der Waals surface area contributed by atoms with Gasteiger partial charge in [-0.3, -0.25) is 4.98 Å². The zero-order chi connectivity index (χ0) is 11.6. The number of aromatic nitrogens is 2. The van der Waals surface area contributed by atoms with E-state index in [0.717, 1.165) is 0 Å². The van der Waals surface area contributed by atoms with Crippen LogP contribution in [0.1, 0.15) is 6.42 Å². The fraction of sp³-hybridized carbons (Fsp3) is 0.556. The van der Waals surface area contributed by atoms with Crippen molar-refractivity contribution in [3.05, 3.63) is 18.6 Å². The normalized spacial score (nSPS) is 22.2. The topological polar surface area (TPSA) is 72.4 Å². The summed E-state index contributed by atoms with van der Waals surface area (Å²) in [4.78, 5) is 7.85. The van der Waals surface area contributed by atoms with E-state index in [1.807, 2.05) is 0 Å². The van der Waals surface area contributed by atoms with Crippen molar-refractivity contribution in [2.45, 2.75) is 12.5 Å². The first-order valence-electron chi connectivity index (χ1n) is 4.93. The van der Waals surface area contributed by atoms with E-state index in [9.17, 15) is 8.42 Å². The highest BCUT2D eigenvalue weighted by Crippen LogP contribution is 2.17. The van der Waals surface area contributed by atoms with Crippen molar-refractivity contribution in [2.75, 3.05) is 19.3 Å². The predicted octanol–water partition coefficient (Wildman–Crippen LogP) is -0.111. The van der Waals surface area contributed by atoms with Crippen molar-refractivity contribution in [1.82, 2.24) is 14.3 Å². The van der Waals surface area contributed by atoms with E-state index in [-0.39, 0.29) is 6.10 Å². The zero-order valence-electron chi connectivity index (χ0n) is 8.91. The summed E-state index contributed by atoms with van der Waals surface area (Å²) >= 11 is 0. The number of nitrogens with zero attached hydrogens (tertiary/aromatic N) is 3. The summed E-state index contributed by atoms with van der Waals surface area (Å²) in [6.07, 6.45) is 6.37. The maximum absolute atomic E-state index is 11.3. The van der Waals surface area contributed by atoms with Gasteiger partial charge in [0.05, 0.1) is 19.0 Å². The lowest BCUT2D eigenvalue weighted by atomic mass is 10.3. The lowest BCUT2D eigenvalue weighted by Crippen LogP contribution is -2.30. The SMILES string of the molecule is CS(=O)(=O)N1CCC(Oc2cnccn2)C1. The average molecular weight is 243 g/mol. The van der Waals surface area contributed by atoms with Gasteiger partial charge in [-0.1, -0.05) is 0 Å². The Hall–Kier alpha value is -1.21. The minimum atomic E-state index is -3.11. The molecule has 1 fully saturated rings. The summed E-state index contributed by atoms with van der Waals surface area (Å²) in [6, 6.07) is 0. The highest BCUT2D eigenvalue weighted by Gasteiger charge is 2.29. The van der Waals surface area contributed by atoms with Crippen LogP contribution in [-0.4, -0.2) is 48.1 Å². The van der Waals surface area contributed by atoms with Gasteiger partial charge in [0.25, 0.3) is 0 Å². The zero-order valence-corrected chi connectivity index (χ0v) is 9.72. The van der Waals surface area contributed by atoms with Crippen molar-refractivity contribution in [3.63, 3.8) is 0 Å². The molecule has 16 heavy (non-hydrogen) atoms. The predicted molar refractivity (Wildman–Crippen MR) is 57.5 cm³/mol. The van der Waals surface area contributed by atoms with Crippen LogP contribution in [0, 0.1) is 0 Å². The van der Waals surface area contributed by atoms with Gasteiger partial charge in [0, 0.05) is 18.9 Å². The molecule has 1 atom stereocenters. The van der Waals surface area contributed by atoms with E-state index in [0.29, 0.717) is 25.4 Å². The molecule has 0 bridgehead atoms. The lowest BCUT2D eigenvalue weighted by Gasteiger charge is -2.13. The first-order chi connectivity index (χ1) is 7.55. The second-order valence-electron chi connectivity index (χ2n) is 3.69. The molecule has 0 saturated carbocycles. The van der Waals surface area contributed by atoms with E-state index < -0.39 is 10.0 Å². The Labute approximate surface area is 94.3 Å². The van der Waals surface area contributed by atoms with Crippen molar-refractivity contribution < 1.29 is 13.2 Å². The fourth-order valence-corrected chi connectivity index (χ4v) is 2.49. The van der Waals surface area contributed by atoms with Crippen LogP contribution in [-0.2, 0) is 10.0 Å². The average Bonchev–Trinajstić information content (AvgIpc) is 2.67. The molecule has 88 valence electrons. The van der Waals surface area contributed by atoms with E-state index in [1.165, 1.54) is 16.8 Å². The monoisotopic (exact) mass is 243 g/mol. The van der Waals surface area contributed by atoms with Crippen LogP contribution >= 0.6 is 0 Å². The van der Waals surface area contributed by atoms with Crippen LogP contribution in [0.4, 0.5) is 0 Å². The van der Waals surface area contributed by atoms with E-state index in [4.69, 9.17) is 4.74 Å². The van der Waals surface area contributed by atoms with Gasteiger partial charge in [0.15, 0.2) is 0 Å². The maximum atomic E-state index is 11.3. The standard InChI is InChI=1S/C9H13N3O3S/c1-16(13,14)12-5-2-8(7-12)15-9-6-10-3-4-11-9/h3-4,6,8H,2,5,7H2,1H3. The Balaban J connectivity index is 1.96. The first-order valence-corrected chi connectivity index (χ1v) is 6.78. The molecule has 0 radical (unpaired) electrons. The number of sulfonamides is 1. The van der Waals surface area contributed by atoms with Crippen LogP contribution in [0.3, 0.4) is 0 Å². The second-order valence-corrected chi connectivity index (χ2v) is 5.68. The smallest absolute Gasteiger partial charge is 0.232 e. The Kier molecular flexibility index (Phi) is 3.06. The lowest BCUT2D eigenvalue weighted by molar-refractivity contribution is 0.206. The fourth-order valence-electron chi connectivity index (χ4n) is 1.61. The molecule has 2 rings (SSSR count). The number of hydrogen-bond acceptors (Lipinski definition) is 5. The molecular formula is C9H13N3O3S. The van der Waals surface area contributed by atoms with Crippen LogP contribution in [0.25, 0.3) is 0 Å². The van der Waals surface area contributed by atoms with Gasteiger partial charge in [-0.15, -0.1) is 0 Å². The van der Waals surface area contributed by atoms with Gasteiger partial charge in [0.2, 0.25) is 15.9 Å². The highest BCUT2D eigenvalue weighted by atomic mass is 32.2. The third-order valence-electron chi connectivity index (χ3n) is 2.40. The molecule has 0 spiro atoms. The first kappa shape index (κ1) is 11.3. The van der Waals surface area contributed by atoms with Crippen molar-refractivity contribution in [1.29, 1.82) is 0 Å². The molecule has 1 aliphatic heterocycles. The largest absolute Gasteiger partial charge is 0.472 e. The molecule has 0 aromatic carbocycles. The minimum Gasteiger partial charge on any atom is -0.472 e. The number of hydrogen-bond donors (Lipinski definition) is 0.